The van der Waals surface area contributed by atoms with Crippen LogP contribution < -0.4 is 48.7 Å². The molecule has 2 aromatic carbocycles. The average Bonchev–Trinajstić information content (AvgIpc) is 1.69. The Kier molecular flexibility index (Phi) is 53.7. The van der Waals surface area contributed by atoms with Crippen molar-refractivity contribution in [2.75, 3.05) is 162 Å². The molecule has 2 aromatic rings. The summed E-state index contributed by atoms with van der Waals surface area (Å²) in [4.78, 5) is 143. The van der Waals surface area contributed by atoms with Crippen molar-refractivity contribution < 1.29 is 98.4 Å². The zero-order valence-corrected chi connectivity index (χ0v) is 65.1. The van der Waals surface area contributed by atoms with Crippen LogP contribution in [0.4, 0.5) is 21.0 Å². The summed E-state index contributed by atoms with van der Waals surface area (Å²) in [5.74, 6) is 2.63. The number of urea groups is 2. The monoisotopic (exact) mass is 1640 g/mol. The molecule has 18 N–H and O–H groups in total. The zero-order valence-electron chi connectivity index (χ0n) is 61.8. The summed E-state index contributed by atoms with van der Waals surface area (Å²) < 4.78 is 0. The average molecular weight is 1640 g/mol. The van der Waals surface area contributed by atoms with Gasteiger partial charge < -0.3 is 86.6 Å². The Hall–Kier alpha value is -7.85. The molecule has 8 atom stereocenters. The normalized spacial score (nSPS) is 22.0. The van der Waals surface area contributed by atoms with Gasteiger partial charge in [-0.25, -0.2) is 15.4 Å². The highest BCUT2D eigenvalue weighted by Gasteiger charge is 2.44. The molecule has 0 aromatic heterocycles. The third kappa shape index (κ3) is 39.9. The first-order chi connectivity index (χ1) is 53.1. The number of carboxylic acid groups (broad SMARTS) is 4. The second-order valence-corrected chi connectivity index (χ2v) is 28.9. The minimum Gasteiger partial charge on any atom is -0.480 e. The van der Waals surface area contributed by atoms with Gasteiger partial charge >= 0.3 is 35.9 Å². The van der Waals surface area contributed by atoms with Crippen molar-refractivity contribution >= 4 is 145 Å². The van der Waals surface area contributed by atoms with Crippen molar-refractivity contribution in [3.8, 4) is 0 Å². The number of rotatable bonds is 28. The van der Waals surface area contributed by atoms with Crippen LogP contribution in [0.3, 0.4) is 0 Å². The number of nitrogens with two attached hydrogens (primary N) is 1. The standard InChI is InChI=1S/C32H51N9O8S2.C22H33N5O6S.C10H18N4O2S.4CH2O.CH4/c42-20-38-9-10-39(21-43)13-14-41(18-29(47)48)24(16-40(12-11-38)17-28(45)46)15-22-5-7-23(8-6-22)33-32(50)37-36-27(44)4-2-1-3-26-30-25(19-51-26)34-31(49)35-30;28-16-24-5-6-25(17-29)9-10-27(14-22(32)33)20(12-26(8-7-24)13-21(30)31)11-18-1-3-19(4-2-18)23-15-34;11-14-8(15)4-2-1-3-7-9-6(5-17-7)12-10(16)13-9;4*1-2;/h5-8,24-26,30,42-43H,1-4,9-21H2,(H,36,44)(H,45,46)(H,47,48)(H2,33,37,50)(H2,34,35,49);1-4,20,28-29H,5-14,16-17H2,(H,30,31)(H,32,33);6-7,9H,1-5,11H2,(H,14,15)(H2,12,13,16);4*1H2;1H4. The Bertz CT molecular complexity index is 3130. The van der Waals surface area contributed by atoms with E-state index in [1.165, 1.54) is 0 Å². The molecule has 6 amide bonds. The summed E-state index contributed by atoms with van der Waals surface area (Å²) >= 11 is 13.7. The van der Waals surface area contributed by atoms with E-state index in [0.717, 1.165) is 54.7 Å². The Balaban J connectivity index is 0.000000878. The number of hydrazine groups is 2. The van der Waals surface area contributed by atoms with Crippen LogP contribution in [-0.4, -0.2) is 368 Å². The Labute approximate surface area is 666 Å². The number of thioether (sulfide) groups is 2. The highest BCUT2D eigenvalue weighted by molar-refractivity contribution is 8.00. The molecule has 0 saturated carbocycles. The number of benzene rings is 2. The predicted molar refractivity (Wildman–Crippen MR) is 427 cm³/mol. The van der Waals surface area contributed by atoms with E-state index in [-0.39, 0.29) is 132 Å². The fourth-order valence-corrected chi connectivity index (χ4v) is 16.2. The number of nitrogens with zero attached hydrogens (tertiary/aromatic N) is 9. The van der Waals surface area contributed by atoms with Gasteiger partial charge in [0.25, 0.3) is 0 Å². The van der Waals surface area contributed by atoms with Crippen LogP contribution in [0.5, 0.6) is 0 Å². The number of hydrogen-bond acceptors (Lipinski definition) is 30. The number of aliphatic imine (C=N–C) groups is 1. The summed E-state index contributed by atoms with van der Waals surface area (Å²) in [6.07, 6.45) is 7.11. The van der Waals surface area contributed by atoms with Crippen LogP contribution in [-0.2, 0) is 60.8 Å². The van der Waals surface area contributed by atoms with Gasteiger partial charge in [-0.2, -0.15) is 28.5 Å². The van der Waals surface area contributed by atoms with E-state index in [1.807, 2.05) is 96.9 Å². The molecule has 42 heteroatoms. The maximum Gasteiger partial charge on any atom is 0.317 e. The Morgan fingerprint density at radius 3 is 1.21 bits per heavy atom. The molecule has 6 heterocycles. The number of anilines is 1. The molecule has 0 spiro atoms. The second kappa shape index (κ2) is 59.0. The highest BCUT2D eigenvalue weighted by atomic mass is 32.2. The van der Waals surface area contributed by atoms with Crippen LogP contribution in [0.15, 0.2) is 53.5 Å². The van der Waals surface area contributed by atoms with E-state index in [9.17, 15) is 79.2 Å². The molecule has 0 radical (unpaired) electrons. The molecular weight excluding hydrogens is 1530 g/mol. The first kappa shape index (κ1) is 101. The SMILES string of the molecule is C.C=O.C=O.C=O.C=O.NNC(=O)CCCCC1SCC2NC(=O)NC21.O=C(O)CN1CCN(CO)CCN(CO)CCN(CC(=O)O)C(Cc2ccc(N=C=S)cc2)C1.O=C(O)CN1CCN(CO)CCN(CO)CCN(CC(=O)O)C(Cc2ccc(NC(=S)NNC(=O)CCCCC3SCC4NC(=O)NC43)cc2)C1. The topological polar surface area (TPSA) is 527 Å². The fraction of sp³-hybridized carbons (Fsp3) is 0.623. The predicted octanol–water partition coefficient (Wildman–Crippen LogP) is -1.85. The van der Waals surface area contributed by atoms with Gasteiger partial charge in [0, 0.05) is 144 Å². The van der Waals surface area contributed by atoms with E-state index >= 15 is 0 Å². The number of aliphatic carboxylic acids is 4. The number of fused-ring (bicyclic) bond motifs is 2. The van der Waals surface area contributed by atoms with Crippen molar-refractivity contribution in [1.29, 1.82) is 0 Å². The van der Waals surface area contributed by atoms with Crippen LogP contribution >= 0.6 is 48.0 Å². The minimum absolute atomic E-state index is 0. The number of amides is 6. The summed E-state index contributed by atoms with van der Waals surface area (Å²) in [7, 11) is 0. The van der Waals surface area contributed by atoms with Crippen LogP contribution in [0, 0.1) is 0 Å². The maximum absolute atomic E-state index is 12.4. The molecule has 6 fully saturated rings. The lowest BCUT2D eigenvalue weighted by molar-refractivity contribution is -0.141. The number of thiocarbonyl (C=S) groups is 2. The van der Waals surface area contributed by atoms with Gasteiger partial charge in [0.05, 0.1) is 88.1 Å². The number of unbranched alkanes of at least 4 members (excludes halogenated alkanes) is 2. The lowest BCUT2D eigenvalue weighted by atomic mass is 10.0. The van der Waals surface area contributed by atoms with E-state index < -0.39 is 23.9 Å². The molecule has 8 rings (SSSR count). The summed E-state index contributed by atoms with van der Waals surface area (Å²) in [5.41, 5.74) is 10.6. The number of hydrogen-bond donors (Lipinski definition) is 17. The second-order valence-electron chi connectivity index (χ2n) is 25.7. The van der Waals surface area contributed by atoms with Crippen molar-refractivity contribution in [2.45, 2.75) is 118 Å². The number of carboxylic acids is 4. The zero-order chi connectivity index (χ0) is 81.9. The molecule has 6 aliphatic rings. The number of carbonyl (C=O) groups excluding carboxylic acids is 8. The van der Waals surface area contributed by atoms with Crippen LogP contribution in [0.2, 0.25) is 0 Å². The largest absolute Gasteiger partial charge is 0.480 e. The third-order valence-electron chi connectivity index (χ3n) is 18.4. The van der Waals surface area contributed by atoms with Gasteiger partial charge in [-0.15, -0.1) is 0 Å². The van der Waals surface area contributed by atoms with Crippen molar-refractivity contribution in [3.05, 3.63) is 59.7 Å². The van der Waals surface area contributed by atoms with Crippen LogP contribution in [0.25, 0.3) is 0 Å². The molecular formula is C69H114N18O20S4. The number of nitrogens with one attached hydrogen (secondary N) is 8. The van der Waals surface area contributed by atoms with Gasteiger partial charge in [-0.05, 0) is 98.4 Å². The van der Waals surface area contributed by atoms with Gasteiger partial charge in [-0.1, -0.05) is 44.5 Å². The van der Waals surface area contributed by atoms with E-state index in [2.05, 4.69) is 65.2 Å². The maximum atomic E-state index is 12.4. The number of isothiocyanates is 1. The summed E-state index contributed by atoms with van der Waals surface area (Å²) in [6, 6.07) is 14.8. The van der Waals surface area contributed by atoms with E-state index in [4.69, 9.17) is 37.2 Å². The molecule has 111 heavy (non-hydrogen) atoms. The van der Waals surface area contributed by atoms with E-state index in [1.54, 1.807) is 41.5 Å². The van der Waals surface area contributed by atoms with Gasteiger partial charge in [0.2, 0.25) is 11.8 Å². The van der Waals surface area contributed by atoms with Crippen molar-refractivity contribution in [1.82, 2.24) is 76.7 Å². The molecule has 8 unspecified atom stereocenters. The molecule has 6 saturated heterocycles. The number of aliphatic hydroxyl groups is 4. The quantitative estimate of drug-likeness (QED) is 0.00846. The first-order valence-corrected chi connectivity index (χ1v) is 38.3. The molecule has 624 valence electrons. The summed E-state index contributed by atoms with van der Waals surface area (Å²) in [5, 5.41) is 95.7. The Morgan fingerprint density at radius 2 is 0.856 bits per heavy atom. The lowest BCUT2D eigenvalue weighted by Crippen LogP contribution is -2.53. The molecule has 38 nitrogen and oxygen atoms in total. The van der Waals surface area contributed by atoms with Crippen molar-refractivity contribution in [2.24, 2.45) is 10.8 Å². The van der Waals surface area contributed by atoms with Crippen molar-refractivity contribution in [3.63, 3.8) is 0 Å². The number of carbonyl (C=O) groups is 12. The smallest absolute Gasteiger partial charge is 0.317 e. The van der Waals surface area contributed by atoms with Gasteiger partial charge in [0.15, 0.2) is 5.11 Å². The molecule has 6 aliphatic heterocycles. The lowest BCUT2D eigenvalue weighted by Gasteiger charge is -2.37. The highest BCUT2D eigenvalue weighted by Crippen LogP contribution is 2.34. The fourth-order valence-electron chi connectivity index (χ4n) is 12.9. The number of aliphatic hydroxyl groups excluding tert-OH is 4. The molecule has 0 bridgehead atoms. The van der Waals surface area contributed by atoms with Gasteiger partial charge in [-0.3, -0.25) is 84.2 Å². The molecule has 0 aliphatic carbocycles. The third-order valence-corrected chi connectivity index (χ3v) is 21.7. The Morgan fingerprint density at radius 1 is 0.505 bits per heavy atom. The minimum atomic E-state index is -1.01. The van der Waals surface area contributed by atoms with Crippen LogP contribution in [0.1, 0.15) is 69.9 Å². The van der Waals surface area contributed by atoms with E-state index in [0.29, 0.717) is 139 Å². The van der Waals surface area contributed by atoms with Gasteiger partial charge in [0.1, 0.15) is 27.2 Å². The summed E-state index contributed by atoms with van der Waals surface area (Å²) in [6.45, 7) is 12.0. The first-order valence-electron chi connectivity index (χ1n) is 35.3.